The third-order valence-electron chi connectivity index (χ3n) is 3.39. The summed E-state index contributed by atoms with van der Waals surface area (Å²) in [7, 11) is 0. The molecule has 4 N–H and O–H groups in total. The van der Waals surface area contributed by atoms with Crippen molar-refractivity contribution in [3.05, 3.63) is 12.7 Å². The third-order valence-corrected chi connectivity index (χ3v) is 3.39. The highest BCUT2D eigenvalue weighted by Crippen LogP contribution is 2.24. The Morgan fingerprint density at radius 2 is 2.14 bits per heavy atom. The normalized spacial score (nSPS) is 17.6. The van der Waals surface area contributed by atoms with Gasteiger partial charge in [0.05, 0.1) is 12.1 Å². The quantitative estimate of drug-likeness (QED) is 0.647. The van der Waals surface area contributed by atoms with E-state index in [1.165, 1.54) is 17.3 Å². The number of nitrogens with zero attached hydrogens (tertiary/aromatic N) is 6. The van der Waals surface area contributed by atoms with E-state index in [9.17, 15) is 5.11 Å². The van der Waals surface area contributed by atoms with Gasteiger partial charge in [0.2, 0.25) is 11.9 Å². The lowest BCUT2D eigenvalue weighted by atomic mass is 9.91. The van der Waals surface area contributed by atoms with Crippen molar-refractivity contribution in [3.8, 4) is 5.95 Å². The van der Waals surface area contributed by atoms with E-state index in [0.717, 1.165) is 0 Å². The molecule has 2 aromatic rings. The predicted molar refractivity (Wildman–Crippen MR) is 72.6 cm³/mol. The van der Waals surface area contributed by atoms with E-state index < -0.39 is 5.54 Å². The van der Waals surface area contributed by atoms with E-state index >= 15 is 0 Å². The summed E-state index contributed by atoms with van der Waals surface area (Å²) in [5.74, 6) is 0.629. The topological polar surface area (TPSA) is 137 Å². The minimum Gasteiger partial charge on any atom is -0.394 e. The number of hydrogen-bond donors (Lipinski definition) is 3. The first-order valence-electron chi connectivity index (χ1n) is 6.54. The average Bonchev–Trinajstić information content (AvgIpc) is 3.02. The average molecular weight is 292 g/mol. The summed E-state index contributed by atoms with van der Waals surface area (Å²) in [5.41, 5.74) is 5.20. The van der Waals surface area contributed by atoms with Gasteiger partial charge in [-0.25, -0.2) is 4.98 Å². The molecule has 10 nitrogen and oxygen atoms in total. The van der Waals surface area contributed by atoms with Gasteiger partial charge in [-0.1, -0.05) is 0 Å². The van der Waals surface area contributed by atoms with Crippen LogP contribution in [0.1, 0.15) is 12.8 Å². The van der Waals surface area contributed by atoms with Gasteiger partial charge >= 0.3 is 0 Å². The molecule has 0 amide bonds. The van der Waals surface area contributed by atoms with Crippen LogP contribution in [0.4, 0.5) is 11.9 Å². The molecular weight excluding hydrogens is 276 g/mol. The summed E-state index contributed by atoms with van der Waals surface area (Å²) in [5, 5.41) is 16.8. The molecule has 112 valence electrons. The van der Waals surface area contributed by atoms with Gasteiger partial charge < -0.3 is 20.9 Å². The van der Waals surface area contributed by atoms with Crippen LogP contribution < -0.4 is 11.1 Å². The van der Waals surface area contributed by atoms with E-state index in [-0.39, 0.29) is 18.5 Å². The van der Waals surface area contributed by atoms with Crippen LogP contribution in [0.3, 0.4) is 0 Å². The number of rotatable bonds is 4. The Bertz CT molecular complexity index is 596. The van der Waals surface area contributed by atoms with Crippen LogP contribution in [0.15, 0.2) is 12.7 Å². The van der Waals surface area contributed by atoms with Crippen LogP contribution in [0.5, 0.6) is 0 Å². The molecular formula is C11H16N8O2. The van der Waals surface area contributed by atoms with Crippen molar-refractivity contribution in [1.29, 1.82) is 0 Å². The number of ether oxygens (including phenoxy) is 1. The van der Waals surface area contributed by atoms with Crippen LogP contribution in [0, 0.1) is 0 Å². The Morgan fingerprint density at radius 1 is 1.33 bits per heavy atom. The summed E-state index contributed by atoms with van der Waals surface area (Å²) < 4.78 is 6.71. The van der Waals surface area contributed by atoms with Gasteiger partial charge in [-0.15, -0.1) is 0 Å². The van der Waals surface area contributed by atoms with Crippen molar-refractivity contribution < 1.29 is 9.84 Å². The van der Waals surface area contributed by atoms with Crippen LogP contribution in [-0.4, -0.2) is 60.2 Å². The zero-order valence-electron chi connectivity index (χ0n) is 11.3. The number of anilines is 2. The first-order valence-corrected chi connectivity index (χ1v) is 6.54. The summed E-state index contributed by atoms with van der Waals surface area (Å²) in [6.07, 6.45) is 4.16. The Hall–Kier alpha value is -2.33. The second-order valence-corrected chi connectivity index (χ2v) is 4.83. The number of hydrogen-bond acceptors (Lipinski definition) is 9. The number of nitrogen functional groups attached to an aromatic ring is 1. The standard InChI is InChI=1S/C11H16N8O2/c12-8-15-9(17-10(16-8)19-7-13-6-14-19)18-11(5-20)1-3-21-4-2-11/h6-7,20H,1-5H2,(H3,12,15,16,17,18). The zero-order chi connectivity index (χ0) is 14.7. The van der Waals surface area contributed by atoms with Crippen LogP contribution in [0.25, 0.3) is 5.95 Å². The minimum atomic E-state index is -0.508. The Kier molecular flexibility index (Phi) is 3.62. The maximum atomic E-state index is 9.68. The van der Waals surface area contributed by atoms with Gasteiger partial charge in [0.1, 0.15) is 12.7 Å². The number of aliphatic hydroxyl groups excluding tert-OH is 1. The second kappa shape index (κ2) is 5.58. The molecule has 2 aromatic heterocycles. The summed E-state index contributed by atoms with van der Waals surface area (Å²) in [6, 6.07) is 0. The third kappa shape index (κ3) is 2.90. The molecule has 0 atom stereocenters. The van der Waals surface area contributed by atoms with Crippen molar-refractivity contribution in [1.82, 2.24) is 29.7 Å². The Morgan fingerprint density at radius 3 is 2.81 bits per heavy atom. The monoisotopic (exact) mass is 292 g/mol. The predicted octanol–water partition coefficient (Wildman–Crippen LogP) is -1.01. The maximum absolute atomic E-state index is 9.68. The molecule has 0 aliphatic carbocycles. The molecule has 1 aliphatic heterocycles. The molecule has 0 radical (unpaired) electrons. The summed E-state index contributed by atoms with van der Waals surface area (Å²) >= 11 is 0. The SMILES string of the molecule is Nc1nc(NC2(CO)CCOCC2)nc(-n2cncn2)n1. The van der Waals surface area contributed by atoms with Gasteiger partial charge in [-0.2, -0.15) is 24.7 Å². The highest BCUT2D eigenvalue weighted by Gasteiger charge is 2.33. The van der Waals surface area contributed by atoms with Gasteiger partial charge in [0, 0.05) is 13.2 Å². The molecule has 21 heavy (non-hydrogen) atoms. The van der Waals surface area contributed by atoms with Crippen molar-refractivity contribution in [2.75, 3.05) is 30.9 Å². The number of nitrogens with two attached hydrogens (primary N) is 1. The van der Waals surface area contributed by atoms with E-state index in [4.69, 9.17) is 10.5 Å². The zero-order valence-corrected chi connectivity index (χ0v) is 11.3. The molecule has 1 fully saturated rings. The molecule has 0 spiro atoms. The van der Waals surface area contributed by atoms with Crippen molar-refractivity contribution in [2.24, 2.45) is 0 Å². The van der Waals surface area contributed by atoms with Gasteiger partial charge in [0.25, 0.3) is 5.95 Å². The summed E-state index contributed by atoms with van der Waals surface area (Å²) in [6.45, 7) is 1.11. The minimum absolute atomic E-state index is 0.0411. The second-order valence-electron chi connectivity index (χ2n) is 4.83. The van der Waals surface area contributed by atoms with E-state index in [0.29, 0.717) is 32.0 Å². The lowest BCUT2D eigenvalue weighted by molar-refractivity contribution is 0.0377. The molecule has 10 heteroatoms. The molecule has 0 bridgehead atoms. The van der Waals surface area contributed by atoms with E-state index in [1.54, 1.807) is 0 Å². The maximum Gasteiger partial charge on any atom is 0.258 e. The first kappa shape index (κ1) is 13.6. The highest BCUT2D eigenvalue weighted by molar-refractivity contribution is 5.37. The largest absolute Gasteiger partial charge is 0.394 e. The van der Waals surface area contributed by atoms with Crippen molar-refractivity contribution >= 4 is 11.9 Å². The number of nitrogens with one attached hydrogen (secondary N) is 1. The van der Waals surface area contributed by atoms with Gasteiger partial charge in [-0.05, 0) is 12.8 Å². The number of aromatic nitrogens is 6. The Labute approximate surface area is 120 Å². The molecule has 0 saturated carbocycles. The Balaban J connectivity index is 1.88. The lowest BCUT2D eigenvalue weighted by Gasteiger charge is -2.36. The molecule has 0 unspecified atom stereocenters. The van der Waals surface area contributed by atoms with Crippen LogP contribution in [-0.2, 0) is 4.74 Å². The lowest BCUT2D eigenvalue weighted by Crippen LogP contribution is -2.47. The van der Waals surface area contributed by atoms with Gasteiger partial charge in [-0.3, -0.25) is 0 Å². The van der Waals surface area contributed by atoms with Crippen LogP contribution >= 0.6 is 0 Å². The molecule has 3 rings (SSSR count). The molecule has 1 aliphatic rings. The fraction of sp³-hybridized carbons (Fsp3) is 0.545. The molecule has 0 aromatic carbocycles. The highest BCUT2D eigenvalue weighted by atomic mass is 16.5. The smallest absolute Gasteiger partial charge is 0.258 e. The van der Waals surface area contributed by atoms with Gasteiger partial charge in [0.15, 0.2) is 0 Å². The first-order chi connectivity index (χ1) is 10.2. The van der Waals surface area contributed by atoms with Crippen molar-refractivity contribution in [2.45, 2.75) is 18.4 Å². The molecule has 1 saturated heterocycles. The van der Waals surface area contributed by atoms with Crippen LogP contribution in [0.2, 0.25) is 0 Å². The fourth-order valence-electron chi connectivity index (χ4n) is 2.17. The fourth-order valence-corrected chi connectivity index (χ4v) is 2.17. The summed E-state index contributed by atoms with van der Waals surface area (Å²) in [4.78, 5) is 16.2. The van der Waals surface area contributed by atoms with E-state index in [2.05, 4.69) is 30.4 Å². The molecule has 3 heterocycles. The van der Waals surface area contributed by atoms with E-state index in [1.807, 2.05) is 0 Å². The number of aliphatic hydroxyl groups is 1. The van der Waals surface area contributed by atoms with Crippen molar-refractivity contribution in [3.63, 3.8) is 0 Å².